The van der Waals surface area contributed by atoms with Gasteiger partial charge in [-0.25, -0.2) is 0 Å². The van der Waals surface area contributed by atoms with Gasteiger partial charge in [0.1, 0.15) is 17.7 Å². The molecule has 3 aromatic carbocycles. The van der Waals surface area contributed by atoms with Gasteiger partial charge in [0.25, 0.3) is 5.91 Å². The highest BCUT2D eigenvalue weighted by Gasteiger charge is 2.75. The van der Waals surface area contributed by atoms with Crippen LogP contribution in [-0.2, 0) is 16.6 Å². The number of phenolic OH excluding ortho intramolecular Hbond substituents is 1. The number of ether oxygens (including phenoxy) is 1. The number of rotatable bonds is 4. The van der Waals surface area contributed by atoms with Gasteiger partial charge in [0, 0.05) is 42.7 Å². The van der Waals surface area contributed by atoms with E-state index in [-0.39, 0.29) is 23.2 Å². The number of carbonyl (C=O) groups excluding carboxylic acids is 2. The normalized spacial score (nSPS) is 28.4. The summed E-state index contributed by atoms with van der Waals surface area (Å²) in [7, 11) is 1.73. The second kappa shape index (κ2) is 9.97. The Morgan fingerprint density at radius 2 is 1.88 bits per heavy atom. The number of likely N-dealkylation sites (tertiary alicyclic amines) is 1. The maximum Gasteiger partial charge on any atom is 0.298 e. The lowest BCUT2D eigenvalue weighted by Crippen LogP contribution is -2.79. The number of aromatic hydroxyl groups is 1. The van der Waals surface area contributed by atoms with Crippen LogP contribution < -0.4 is 4.74 Å². The van der Waals surface area contributed by atoms with Crippen molar-refractivity contribution in [3.8, 4) is 23.3 Å². The summed E-state index contributed by atoms with van der Waals surface area (Å²) in [5.74, 6) is 5.57. The molecule has 2 N–H and O–H groups in total. The summed E-state index contributed by atoms with van der Waals surface area (Å²) in [6.07, 6.45) is 1.45. The first-order chi connectivity index (χ1) is 20.7. The zero-order valence-corrected chi connectivity index (χ0v) is 24.8. The van der Waals surface area contributed by atoms with E-state index in [4.69, 9.17) is 4.74 Å². The van der Waals surface area contributed by atoms with Gasteiger partial charge in [0.15, 0.2) is 17.3 Å². The summed E-state index contributed by atoms with van der Waals surface area (Å²) < 4.78 is 6.54. The number of hydrogen-bond donors (Lipinski definition) is 2. The van der Waals surface area contributed by atoms with Gasteiger partial charge in [-0.05, 0) is 80.5 Å². The molecule has 1 saturated carbocycles. The van der Waals surface area contributed by atoms with E-state index in [9.17, 15) is 19.8 Å². The van der Waals surface area contributed by atoms with Crippen molar-refractivity contribution in [3.63, 3.8) is 0 Å². The van der Waals surface area contributed by atoms with Crippen LogP contribution in [0.3, 0.4) is 0 Å². The highest BCUT2D eigenvalue weighted by molar-refractivity contribution is 6.06. The number of benzene rings is 3. The molecule has 5 atom stereocenters. The van der Waals surface area contributed by atoms with Crippen molar-refractivity contribution in [1.29, 1.82) is 0 Å². The summed E-state index contributed by atoms with van der Waals surface area (Å²) in [5, 5.41) is 23.6. The van der Waals surface area contributed by atoms with Crippen molar-refractivity contribution in [3.05, 3.63) is 94.0 Å². The van der Waals surface area contributed by atoms with Crippen molar-refractivity contribution in [2.45, 2.75) is 68.7 Å². The van der Waals surface area contributed by atoms with Gasteiger partial charge in [0.05, 0.1) is 11.5 Å². The zero-order valence-electron chi connectivity index (χ0n) is 24.8. The largest absolute Gasteiger partial charge is 0.504 e. The molecule has 1 amide bonds. The molecule has 43 heavy (non-hydrogen) atoms. The van der Waals surface area contributed by atoms with Crippen LogP contribution in [0.5, 0.6) is 11.5 Å². The van der Waals surface area contributed by atoms with E-state index in [0.29, 0.717) is 43.5 Å². The number of phenols is 1. The molecule has 4 aliphatic rings. The SMILES string of the molecule is Cc1ccc(C#CC(=O)N(C)[C@H]2CC[C@@]3(O)[C@H]4C(=O)c5ccc(O)c6c5[C@@]3(CCN4CCc3ccccc3)[C@H]2O6)cc1C. The molecule has 2 bridgehead atoms. The lowest BCUT2D eigenvalue weighted by Gasteiger charge is -2.63. The van der Waals surface area contributed by atoms with Crippen LogP contribution in [0.2, 0.25) is 0 Å². The molecule has 1 saturated heterocycles. The van der Waals surface area contributed by atoms with Gasteiger partial charge < -0.3 is 19.8 Å². The van der Waals surface area contributed by atoms with Crippen LogP contribution in [0.1, 0.15) is 57.4 Å². The summed E-state index contributed by atoms with van der Waals surface area (Å²) in [6.45, 7) is 5.29. The number of aliphatic hydroxyl groups is 1. The molecule has 0 unspecified atom stereocenters. The number of likely N-dealkylation sites (N-methyl/N-ethyl adjacent to an activating group) is 1. The fraction of sp³-hybridized carbons (Fsp3) is 0.389. The molecule has 2 fully saturated rings. The molecule has 7 rings (SSSR count). The van der Waals surface area contributed by atoms with E-state index in [2.05, 4.69) is 28.9 Å². The highest BCUT2D eigenvalue weighted by Crippen LogP contribution is 2.65. The summed E-state index contributed by atoms with van der Waals surface area (Å²) in [4.78, 5) is 31.4. The zero-order chi connectivity index (χ0) is 30.1. The second-order valence-electron chi connectivity index (χ2n) is 12.6. The number of amides is 1. The minimum absolute atomic E-state index is 0.0510. The van der Waals surface area contributed by atoms with Crippen molar-refractivity contribution in [2.24, 2.45) is 0 Å². The Hall–Kier alpha value is -4.12. The average molecular weight is 577 g/mol. The predicted octanol–water partition coefficient (Wildman–Crippen LogP) is 3.92. The lowest BCUT2D eigenvalue weighted by molar-refractivity contribution is -0.187. The van der Waals surface area contributed by atoms with Crippen molar-refractivity contribution in [2.75, 3.05) is 20.1 Å². The minimum atomic E-state index is -1.40. The van der Waals surface area contributed by atoms with Crippen LogP contribution in [0.15, 0.2) is 60.7 Å². The molecule has 2 heterocycles. The predicted molar refractivity (Wildman–Crippen MR) is 162 cm³/mol. The van der Waals surface area contributed by atoms with E-state index in [1.54, 1.807) is 18.0 Å². The Bertz CT molecular complexity index is 1710. The Balaban J connectivity index is 1.24. The van der Waals surface area contributed by atoms with Crippen LogP contribution >= 0.6 is 0 Å². The number of piperidine rings is 1. The number of carbonyl (C=O) groups is 2. The molecule has 0 aromatic heterocycles. The molecule has 3 aromatic rings. The van der Waals surface area contributed by atoms with Gasteiger partial charge in [-0.15, -0.1) is 0 Å². The molecule has 2 aliphatic carbocycles. The van der Waals surface area contributed by atoms with Gasteiger partial charge in [-0.2, -0.15) is 0 Å². The first-order valence-corrected chi connectivity index (χ1v) is 15.1. The molecule has 1 spiro atoms. The molecular weight excluding hydrogens is 540 g/mol. The van der Waals surface area contributed by atoms with E-state index >= 15 is 0 Å². The number of ketones is 1. The monoisotopic (exact) mass is 576 g/mol. The molecule has 220 valence electrons. The van der Waals surface area contributed by atoms with Crippen LogP contribution in [0.4, 0.5) is 0 Å². The number of hydrogen-bond acceptors (Lipinski definition) is 6. The van der Waals surface area contributed by atoms with E-state index in [1.165, 1.54) is 17.2 Å². The van der Waals surface area contributed by atoms with Gasteiger partial charge in [-0.1, -0.05) is 42.3 Å². The lowest BCUT2D eigenvalue weighted by atomic mass is 9.48. The van der Waals surface area contributed by atoms with Crippen molar-refractivity contribution >= 4 is 11.7 Å². The standard InChI is InChI=1S/C36H36N2O5/c1-22-9-10-25(21-23(22)2)11-14-29(40)37(3)27-15-17-36(42)33-31(41)26-12-13-28(39)32-30(26)35(36,34(27)43-32)18-20-38(33)19-16-24-7-5-4-6-8-24/h4-10,12-13,21,27,33-34,39,42H,15-20H2,1-3H3/t27-,33+,34-,35-,36+/m0/s1. The Kier molecular flexibility index (Phi) is 6.42. The Morgan fingerprint density at radius 3 is 2.65 bits per heavy atom. The van der Waals surface area contributed by atoms with Crippen molar-refractivity contribution < 1.29 is 24.5 Å². The molecule has 2 aliphatic heterocycles. The smallest absolute Gasteiger partial charge is 0.298 e. The molecule has 0 radical (unpaired) electrons. The summed E-state index contributed by atoms with van der Waals surface area (Å²) in [6, 6.07) is 18.1. The number of aryl methyl sites for hydroxylation is 2. The van der Waals surface area contributed by atoms with Gasteiger partial charge in [0.2, 0.25) is 0 Å². The van der Waals surface area contributed by atoms with Gasteiger partial charge in [-0.3, -0.25) is 14.5 Å². The topological polar surface area (TPSA) is 90.3 Å². The maximum absolute atomic E-state index is 14.2. The molecular formula is C36H36N2O5. The van der Waals surface area contributed by atoms with E-state index < -0.39 is 29.2 Å². The van der Waals surface area contributed by atoms with E-state index in [0.717, 1.165) is 17.5 Å². The Morgan fingerprint density at radius 1 is 1.09 bits per heavy atom. The average Bonchev–Trinajstić information content (AvgIpc) is 3.36. The van der Waals surface area contributed by atoms with Gasteiger partial charge >= 0.3 is 0 Å². The van der Waals surface area contributed by atoms with Crippen LogP contribution in [-0.4, -0.2) is 75.6 Å². The summed E-state index contributed by atoms with van der Waals surface area (Å²) in [5.41, 5.74) is 3.00. The second-order valence-corrected chi connectivity index (χ2v) is 12.6. The maximum atomic E-state index is 14.2. The molecule has 7 heteroatoms. The van der Waals surface area contributed by atoms with Crippen LogP contribution in [0, 0.1) is 25.7 Å². The van der Waals surface area contributed by atoms with Crippen LogP contribution in [0.25, 0.3) is 0 Å². The number of Topliss-reactive ketones (excluding diaryl/α,β-unsaturated/α-hetero) is 1. The third-order valence-corrected chi connectivity index (χ3v) is 10.6. The molecule has 7 nitrogen and oxygen atoms in total. The fourth-order valence-electron chi connectivity index (χ4n) is 8.21. The summed E-state index contributed by atoms with van der Waals surface area (Å²) >= 11 is 0. The first kappa shape index (κ1) is 27.7. The number of nitrogens with zero attached hydrogens (tertiary/aromatic N) is 2. The third kappa shape index (κ3) is 3.97. The minimum Gasteiger partial charge on any atom is -0.504 e. The van der Waals surface area contributed by atoms with Crippen molar-refractivity contribution in [1.82, 2.24) is 9.80 Å². The first-order valence-electron chi connectivity index (χ1n) is 15.1. The van der Waals surface area contributed by atoms with E-state index in [1.807, 2.05) is 50.2 Å². The highest BCUT2D eigenvalue weighted by atomic mass is 16.5. The fourth-order valence-corrected chi connectivity index (χ4v) is 8.21. The third-order valence-electron chi connectivity index (χ3n) is 10.6. The quantitative estimate of drug-likeness (QED) is 0.458. The Labute approximate surface area is 252 Å².